The summed E-state index contributed by atoms with van der Waals surface area (Å²) >= 11 is 7.57. The summed E-state index contributed by atoms with van der Waals surface area (Å²) in [5, 5.41) is 8.55. The molecule has 1 N–H and O–H groups in total. The molecule has 0 bridgehead atoms. The van der Waals surface area contributed by atoms with Gasteiger partial charge in [0.25, 0.3) is 0 Å². The van der Waals surface area contributed by atoms with Crippen molar-refractivity contribution in [2.75, 3.05) is 0 Å². The highest BCUT2D eigenvalue weighted by Crippen LogP contribution is 2.24. The molecule has 2 aromatic rings. The average Bonchev–Trinajstić information content (AvgIpc) is 2.76. The minimum atomic E-state index is -0.0275. The number of hydrogen-bond donors (Lipinski definition) is 1. The number of nitrogens with zero attached hydrogens (tertiary/aromatic N) is 1. The van der Waals surface area contributed by atoms with Crippen molar-refractivity contribution in [3.8, 4) is 0 Å². The van der Waals surface area contributed by atoms with Crippen LogP contribution in [-0.4, -0.2) is 10.4 Å². The Morgan fingerprint density at radius 1 is 1.30 bits per heavy atom. The van der Waals surface area contributed by atoms with Crippen molar-refractivity contribution < 1.29 is 4.79 Å². The highest BCUT2D eigenvalue weighted by Gasteiger charge is 2.19. The van der Waals surface area contributed by atoms with Crippen LogP contribution in [0.3, 0.4) is 0 Å². The number of carbonyl (C=O) groups is 1. The van der Waals surface area contributed by atoms with Crippen molar-refractivity contribution in [2.24, 2.45) is 0 Å². The van der Waals surface area contributed by atoms with Crippen molar-refractivity contribution in [3.05, 3.63) is 50.2 Å². The zero-order valence-corrected chi connectivity index (χ0v) is 12.6. The van der Waals surface area contributed by atoms with Crippen LogP contribution < -0.4 is 4.80 Å². The van der Waals surface area contributed by atoms with Crippen LogP contribution in [0, 0.1) is 5.41 Å². The molecular formula is C15H15ClN2OS. The van der Waals surface area contributed by atoms with E-state index >= 15 is 0 Å². The quantitative estimate of drug-likeness (QED) is 0.867. The summed E-state index contributed by atoms with van der Waals surface area (Å²) in [6, 6.07) is 7.10. The molecule has 1 aromatic carbocycles. The van der Waals surface area contributed by atoms with Crippen LogP contribution in [0.25, 0.3) is 0 Å². The topological polar surface area (TPSA) is 45.9 Å². The number of ketones is 1. The smallest absolute Gasteiger partial charge is 0.184 e. The van der Waals surface area contributed by atoms with E-state index in [4.69, 9.17) is 17.0 Å². The van der Waals surface area contributed by atoms with E-state index in [0.717, 1.165) is 19.3 Å². The number of Topliss-reactive ketones (excluding diaryl/α,β-unsaturated/α-hetero) is 1. The minimum Gasteiger partial charge on any atom is -0.313 e. The summed E-state index contributed by atoms with van der Waals surface area (Å²) in [6.07, 6.45) is 4.34. The second kappa shape index (κ2) is 5.54. The van der Waals surface area contributed by atoms with Gasteiger partial charge in [-0.05, 0) is 37.8 Å². The first-order chi connectivity index (χ1) is 9.66. The summed E-state index contributed by atoms with van der Waals surface area (Å²) in [4.78, 5) is 14.1. The van der Waals surface area contributed by atoms with E-state index in [1.165, 1.54) is 28.3 Å². The Morgan fingerprint density at radius 2 is 2.05 bits per heavy atom. The highest BCUT2D eigenvalue weighted by molar-refractivity contribution is 7.09. The lowest BCUT2D eigenvalue weighted by atomic mass is 10.0. The molecule has 0 atom stereocenters. The Balaban J connectivity index is 1.92. The van der Waals surface area contributed by atoms with Gasteiger partial charge in [-0.1, -0.05) is 23.7 Å². The number of carbonyl (C=O) groups excluding carboxylic acids is 1. The Kier molecular flexibility index (Phi) is 3.76. The number of aryl methyl sites for hydroxylation is 1. The number of fused-ring (bicyclic) bond motifs is 1. The van der Waals surface area contributed by atoms with E-state index in [9.17, 15) is 4.79 Å². The van der Waals surface area contributed by atoms with E-state index in [1.54, 1.807) is 12.1 Å². The molecule has 3 rings (SSSR count). The van der Waals surface area contributed by atoms with E-state index < -0.39 is 0 Å². The van der Waals surface area contributed by atoms with Crippen LogP contribution in [0.1, 0.15) is 33.8 Å². The van der Waals surface area contributed by atoms with E-state index in [-0.39, 0.29) is 12.3 Å². The molecule has 1 aliphatic carbocycles. The van der Waals surface area contributed by atoms with Crippen molar-refractivity contribution in [1.82, 2.24) is 4.57 Å². The predicted molar refractivity (Wildman–Crippen MR) is 80.6 cm³/mol. The molecule has 0 amide bonds. The van der Waals surface area contributed by atoms with Crippen LogP contribution in [-0.2, 0) is 19.4 Å². The normalized spacial score (nSPS) is 14.1. The van der Waals surface area contributed by atoms with Gasteiger partial charge in [-0.3, -0.25) is 10.2 Å². The SMILES string of the molecule is N=c1sc2c(n1CC(=O)c1ccccc1Cl)CCCC2. The molecule has 3 nitrogen and oxygen atoms in total. The number of halogens is 1. The van der Waals surface area contributed by atoms with Gasteiger partial charge in [-0.25, -0.2) is 0 Å². The third-order valence-corrected chi connectivity index (χ3v) is 5.09. The van der Waals surface area contributed by atoms with Crippen molar-refractivity contribution >= 4 is 28.7 Å². The van der Waals surface area contributed by atoms with E-state index in [1.807, 2.05) is 16.7 Å². The number of aromatic nitrogens is 1. The molecule has 0 radical (unpaired) electrons. The summed E-state index contributed by atoms with van der Waals surface area (Å²) in [7, 11) is 0. The maximum absolute atomic E-state index is 12.4. The molecule has 20 heavy (non-hydrogen) atoms. The van der Waals surface area contributed by atoms with Crippen LogP contribution >= 0.6 is 22.9 Å². The van der Waals surface area contributed by atoms with E-state index in [2.05, 4.69) is 0 Å². The van der Waals surface area contributed by atoms with Gasteiger partial charge in [-0.2, -0.15) is 0 Å². The van der Waals surface area contributed by atoms with Gasteiger partial charge in [0.1, 0.15) is 0 Å². The molecule has 5 heteroatoms. The van der Waals surface area contributed by atoms with Gasteiger partial charge < -0.3 is 4.57 Å². The summed E-state index contributed by atoms with van der Waals surface area (Å²) < 4.78 is 1.85. The molecule has 0 fully saturated rings. The Labute approximate surface area is 126 Å². The standard InChI is InChI=1S/C15H15ClN2OS/c16-11-6-2-1-5-10(11)13(19)9-18-12-7-3-4-8-14(12)20-15(18)17/h1-2,5-6,17H,3-4,7-9H2. The fraction of sp³-hybridized carbons (Fsp3) is 0.333. The first kappa shape index (κ1) is 13.6. The van der Waals surface area contributed by atoms with Crippen molar-refractivity contribution in [1.29, 1.82) is 5.41 Å². The number of nitrogens with one attached hydrogen (secondary N) is 1. The lowest BCUT2D eigenvalue weighted by Crippen LogP contribution is -2.22. The first-order valence-corrected chi connectivity index (χ1v) is 7.90. The first-order valence-electron chi connectivity index (χ1n) is 6.70. The fourth-order valence-electron chi connectivity index (χ4n) is 2.63. The largest absolute Gasteiger partial charge is 0.313 e. The van der Waals surface area contributed by atoms with Crippen molar-refractivity contribution in [2.45, 2.75) is 32.2 Å². The average molecular weight is 307 g/mol. The van der Waals surface area contributed by atoms with Crippen LogP contribution in [0.2, 0.25) is 5.02 Å². The monoisotopic (exact) mass is 306 g/mol. The summed E-state index contributed by atoms with van der Waals surface area (Å²) in [5.41, 5.74) is 1.71. The predicted octanol–water partition coefficient (Wildman–Crippen LogP) is 3.44. The molecule has 1 aromatic heterocycles. The zero-order valence-electron chi connectivity index (χ0n) is 11.0. The lowest BCUT2D eigenvalue weighted by molar-refractivity contribution is 0.0970. The number of thiazole rings is 1. The molecule has 104 valence electrons. The molecule has 1 heterocycles. The number of benzene rings is 1. The molecule has 0 saturated carbocycles. The Hall–Kier alpha value is -1.39. The maximum Gasteiger partial charge on any atom is 0.184 e. The van der Waals surface area contributed by atoms with Gasteiger partial charge in [0, 0.05) is 16.1 Å². The van der Waals surface area contributed by atoms with Crippen LogP contribution in [0.4, 0.5) is 0 Å². The number of rotatable bonds is 3. The van der Waals surface area contributed by atoms with E-state index in [0.29, 0.717) is 15.4 Å². The van der Waals surface area contributed by atoms with Gasteiger partial charge in [0.15, 0.2) is 10.6 Å². The molecular weight excluding hydrogens is 292 g/mol. The summed E-state index contributed by atoms with van der Waals surface area (Å²) in [5.74, 6) is -0.0275. The fourth-order valence-corrected chi connectivity index (χ4v) is 3.97. The van der Waals surface area contributed by atoms with Gasteiger partial charge >= 0.3 is 0 Å². The second-order valence-electron chi connectivity index (χ2n) is 4.97. The van der Waals surface area contributed by atoms with Crippen molar-refractivity contribution in [3.63, 3.8) is 0 Å². The minimum absolute atomic E-state index is 0.0275. The van der Waals surface area contributed by atoms with Gasteiger partial charge in [0.05, 0.1) is 11.6 Å². The third kappa shape index (κ3) is 2.45. The molecule has 0 spiro atoms. The number of hydrogen-bond acceptors (Lipinski definition) is 3. The third-order valence-electron chi connectivity index (χ3n) is 3.66. The van der Waals surface area contributed by atoms with Crippen LogP contribution in [0.5, 0.6) is 0 Å². The molecule has 0 saturated heterocycles. The molecule has 0 aliphatic heterocycles. The Morgan fingerprint density at radius 3 is 2.85 bits per heavy atom. The maximum atomic E-state index is 12.4. The van der Waals surface area contributed by atoms with Gasteiger partial charge in [-0.15, -0.1) is 11.3 Å². The zero-order chi connectivity index (χ0) is 14.1. The highest BCUT2D eigenvalue weighted by atomic mass is 35.5. The summed E-state index contributed by atoms with van der Waals surface area (Å²) in [6.45, 7) is 0.217. The Bertz CT molecular complexity index is 717. The molecule has 0 unspecified atom stereocenters. The second-order valence-corrected chi connectivity index (χ2v) is 6.46. The van der Waals surface area contributed by atoms with Gasteiger partial charge in [0.2, 0.25) is 0 Å². The lowest BCUT2D eigenvalue weighted by Gasteiger charge is -2.14. The molecule has 1 aliphatic rings. The van der Waals surface area contributed by atoms with Crippen LogP contribution in [0.15, 0.2) is 24.3 Å².